The Balaban J connectivity index is 1.51. The second-order valence-electron chi connectivity index (χ2n) is 9.15. The molecule has 2 aromatic heterocycles. The average Bonchev–Trinajstić information content (AvgIpc) is 3.52. The highest BCUT2D eigenvalue weighted by Crippen LogP contribution is 2.39. The number of aromatic amines is 1. The van der Waals surface area contributed by atoms with E-state index in [9.17, 15) is 4.79 Å². The first-order valence-electron chi connectivity index (χ1n) is 11.9. The number of nitrogens with one attached hydrogen (secondary N) is 1. The second-order valence-corrected chi connectivity index (χ2v) is 9.15. The number of hydrogen-bond donors (Lipinski definition) is 3. The van der Waals surface area contributed by atoms with Gasteiger partial charge in [-0.3, -0.25) is 14.8 Å². The van der Waals surface area contributed by atoms with Crippen molar-refractivity contribution in [2.24, 2.45) is 11.5 Å². The molecule has 1 atom stereocenters. The molecule has 0 spiro atoms. The number of aromatic nitrogens is 3. The maximum absolute atomic E-state index is 12.5. The molecule has 9 heteroatoms. The van der Waals surface area contributed by atoms with E-state index in [0.29, 0.717) is 18.2 Å². The molecule has 2 aliphatic heterocycles. The number of likely N-dealkylation sites (tertiary alicyclic amines) is 1. The zero-order valence-corrected chi connectivity index (χ0v) is 20.1. The smallest absolute Gasteiger partial charge is 0.267 e. The highest BCUT2D eigenvalue weighted by atomic mass is 16.5. The van der Waals surface area contributed by atoms with E-state index < -0.39 is 5.91 Å². The van der Waals surface area contributed by atoms with Crippen molar-refractivity contribution in [3.8, 4) is 5.88 Å². The molecule has 1 saturated heterocycles. The third-order valence-electron chi connectivity index (χ3n) is 6.88. The number of primary amides is 1. The lowest BCUT2D eigenvalue weighted by atomic mass is 9.89. The average molecular weight is 474 g/mol. The van der Waals surface area contributed by atoms with Gasteiger partial charge in [-0.25, -0.2) is 4.98 Å². The van der Waals surface area contributed by atoms with Crippen LogP contribution in [0, 0.1) is 6.92 Å². The van der Waals surface area contributed by atoms with Gasteiger partial charge in [-0.15, -0.1) is 0 Å². The maximum Gasteiger partial charge on any atom is 0.267 e. The Bertz CT molecular complexity index is 1320. The number of pyridine rings is 1. The fraction of sp³-hybridized carbons (Fsp3) is 0.346. The van der Waals surface area contributed by atoms with Gasteiger partial charge in [0.15, 0.2) is 0 Å². The Morgan fingerprint density at radius 3 is 2.80 bits per heavy atom. The Labute approximate surface area is 204 Å². The number of rotatable bonds is 7. The van der Waals surface area contributed by atoms with Crippen molar-refractivity contribution in [1.29, 1.82) is 0 Å². The van der Waals surface area contributed by atoms with Gasteiger partial charge in [0, 0.05) is 30.6 Å². The van der Waals surface area contributed by atoms with Gasteiger partial charge in [-0.05, 0) is 62.2 Å². The van der Waals surface area contributed by atoms with Crippen molar-refractivity contribution in [1.82, 2.24) is 25.0 Å². The van der Waals surface area contributed by atoms with Crippen LogP contribution < -0.4 is 16.2 Å². The molecular weight excluding hydrogens is 442 g/mol. The monoisotopic (exact) mass is 473 g/mol. The van der Waals surface area contributed by atoms with Crippen LogP contribution in [0.15, 0.2) is 54.0 Å². The van der Waals surface area contributed by atoms with Crippen molar-refractivity contribution in [2.45, 2.75) is 25.8 Å². The fourth-order valence-electron chi connectivity index (χ4n) is 5.07. The normalized spacial score (nSPS) is 18.9. The van der Waals surface area contributed by atoms with Crippen molar-refractivity contribution < 1.29 is 9.53 Å². The minimum Gasteiger partial charge on any atom is -0.476 e. The number of ether oxygens (including phenoxy) is 1. The summed E-state index contributed by atoms with van der Waals surface area (Å²) in [5, 5.41) is 8.13. The van der Waals surface area contributed by atoms with Gasteiger partial charge in [-0.2, -0.15) is 5.10 Å². The van der Waals surface area contributed by atoms with E-state index in [0.717, 1.165) is 52.9 Å². The molecule has 182 valence electrons. The first-order valence-corrected chi connectivity index (χ1v) is 11.9. The molecule has 2 aliphatic rings. The molecule has 35 heavy (non-hydrogen) atoms. The van der Waals surface area contributed by atoms with Crippen LogP contribution in [-0.4, -0.2) is 64.2 Å². The van der Waals surface area contributed by atoms with E-state index in [1.54, 1.807) is 18.1 Å². The van der Waals surface area contributed by atoms with Crippen molar-refractivity contribution in [3.05, 3.63) is 70.8 Å². The van der Waals surface area contributed by atoms with E-state index in [2.05, 4.69) is 15.1 Å². The standard InChI is InChI=1S/C26H31N7O2/c1-16-8-9-19-18(15-29-31-19)23(16)17-14-21(32(2)25(24(17)27)26(28)34)20-6-5-7-22(30-20)35-13-12-33-10-3-4-11-33/h5-9,14-15,21H,3-4,10-13,27H2,1-2H3,(H2,28,34)(H,29,31). The third-order valence-corrected chi connectivity index (χ3v) is 6.88. The summed E-state index contributed by atoms with van der Waals surface area (Å²) in [4.78, 5) is 21.5. The van der Waals surface area contributed by atoms with Gasteiger partial charge in [0.1, 0.15) is 12.3 Å². The Kier molecular flexibility index (Phi) is 6.17. The predicted octanol–water partition coefficient (Wildman–Crippen LogP) is 2.47. The van der Waals surface area contributed by atoms with Crippen LogP contribution in [0.2, 0.25) is 0 Å². The summed E-state index contributed by atoms with van der Waals surface area (Å²) in [6.07, 6.45) is 6.31. The lowest BCUT2D eigenvalue weighted by molar-refractivity contribution is -0.116. The van der Waals surface area contributed by atoms with Crippen LogP contribution in [-0.2, 0) is 4.79 Å². The molecule has 3 aromatic rings. The molecule has 9 nitrogen and oxygen atoms in total. The third kappa shape index (κ3) is 4.35. The van der Waals surface area contributed by atoms with Gasteiger partial charge in [-0.1, -0.05) is 12.1 Å². The molecule has 5 N–H and O–H groups in total. The number of benzene rings is 1. The summed E-state index contributed by atoms with van der Waals surface area (Å²) < 4.78 is 5.98. The highest BCUT2D eigenvalue weighted by Gasteiger charge is 2.32. The van der Waals surface area contributed by atoms with E-state index in [1.807, 2.05) is 43.3 Å². The van der Waals surface area contributed by atoms with E-state index in [-0.39, 0.29) is 11.7 Å². The SMILES string of the molecule is Cc1ccc2[nH]ncc2c1C1=CC(c2cccc(OCCN3CCCC3)n2)N(C)C(C(N)=O)=C1N. The molecule has 4 heterocycles. The van der Waals surface area contributed by atoms with Crippen LogP contribution in [0.3, 0.4) is 0 Å². The van der Waals surface area contributed by atoms with Gasteiger partial charge in [0.05, 0.1) is 29.1 Å². The van der Waals surface area contributed by atoms with E-state index in [4.69, 9.17) is 21.2 Å². The van der Waals surface area contributed by atoms with Crippen LogP contribution in [0.25, 0.3) is 16.5 Å². The van der Waals surface area contributed by atoms with Gasteiger partial charge >= 0.3 is 0 Å². The summed E-state index contributed by atoms with van der Waals surface area (Å²) in [7, 11) is 1.80. The zero-order chi connectivity index (χ0) is 24.5. The first-order chi connectivity index (χ1) is 16.9. The number of likely N-dealkylation sites (N-methyl/N-ethyl adjacent to an activating group) is 1. The minimum atomic E-state index is -0.587. The molecule has 0 aliphatic carbocycles. The predicted molar refractivity (Wildman–Crippen MR) is 135 cm³/mol. The number of carbonyl (C=O) groups is 1. The molecule has 5 rings (SSSR count). The number of allylic oxidation sites excluding steroid dienone is 1. The number of H-pyrrole nitrogens is 1. The lowest BCUT2D eigenvalue weighted by Crippen LogP contribution is -2.37. The molecule has 0 bridgehead atoms. The summed E-state index contributed by atoms with van der Waals surface area (Å²) in [6.45, 7) is 5.74. The molecule has 1 fully saturated rings. The van der Waals surface area contributed by atoms with Crippen LogP contribution >= 0.6 is 0 Å². The van der Waals surface area contributed by atoms with Crippen molar-refractivity contribution >= 4 is 22.4 Å². The zero-order valence-electron chi connectivity index (χ0n) is 20.1. The Hall–Kier alpha value is -3.85. The Morgan fingerprint density at radius 2 is 2.03 bits per heavy atom. The summed E-state index contributed by atoms with van der Waals surface area (Å²) in [6, 6.07) is 9.33. The van der Waals surface area contributed by atoms with Crippen molar-refractivity contribution in [3.63, 3.8) is 0 Å². The summed E-state index contributed by atoms with van der Waals surface area (Å²) in [5.74, 6) is -0.0306. The van der Waals surface area contributed by atoms with Gasteiger partial charge in [0.25, 0.3) is 5.91 Å². The number of carbonyl (C=O) groups excluding carboxylic acids is 1. The molecule has 1 amide bonds. The van der Waals surface area contributed by atoms with E-state index >= 15 is 0 Å². The fourth-order valence-corrected chi connectivity index (χ4v) is 5.07. The van der Waals surface area contributed by atoms with Crippen LogP contribution in [0.4, 0.5) is 0 Å². The van der Waals surface area contributed by atoms with Gasteiger partial charge < -0.3 is 21.1 Å². The van der Waals surface area contributed by atoms with Crippen LogP contribution in [0.5, 0.6) is 5.88 Å². The molecule has 0 radical (unpaired) electrons. The topological polar surface area (TPSA) is 126 Å². The number of nitrogens with two attached hydrogens (primary N) is 2. The summed E-state index contributed by atoms with van der Waals surface area (Å²) in [5.41, 5.74) is 17.3. The number of hydrogen-bond acceptors (Lipinski definition) is 7. The Morgan fingerprint density at radius 1 is 1.23 bits per heavy atom. The number of aryl methyl sites for hydroxylation is 1. The quantitative estimate of drug-likeness (QED) is 0.481. The maximum atomic E-state index is 12.5. The number of nitrogens with zero attached hydrogens (tertiary/aromatic N) is 4. The van der Waals surface area contributed by atoms with Crippen molar-refractivity contribution in [2.75, 3.05) is 33.3 Å². The second kappa shape index (κ2) is 9.42. The van der Waals surface area contributed by atoms with Gasteiger partial charge in [0.2, 0.25) is 5.88 Å². The molecule has 1 aromatic carbocycles. The number of fused-ring (bicyclic) bond motifs is 1. The molecule has 0 saturated carbocycles. The molecule has 1 unspecified atom stereocenters. The van der Waals surface area contributed by atoms with Crippen LogP contribution in [0.1, 0.15) is 35.7 Å². The molecular formula is C26H31N7O2. The largest absolute Gasteiger partial charge is 0.476 e. The van der Waals surface area contributed by atoms with E-state index in [1.165, 1.54) is 12.8 Å². The summed E-state index contributed by atoms with van der Waals surface area (Å²) >= 11 is 0. The number of amides is 1. The minimum absolute atomic E-state index is 0.259. The first kappa shape index (κ1) is 22.9. The highest BCUT2D eigenvalue weighted by molar-refractivity contribution is 6.02. The lowest BCUT2D eigenvalue weighted by Gasteiger charge is -2.34.